The summed E-state index contributed by atoms with van der Waals surface area (Å²) in [4.78, 5) is 18.9. The molecule has 26 heavy (non-hydrogen) atoms. The summed E-state index contributed by atoms with van der Waals surface area (Å²) >= 11 is 5.76. The number of carbonyl (C=O) groups excluding carboxylic acids is 1. The number of piperazine rings is 1. The van der Waals surface area contributed by atoms with Crippen LogP contribution in [0, 0.1) is 0 Å². The SMILES string of the molecule is COc1nc(C(F)(F)F)c(Cl)cc1N1CCN(C(=O)OC(C)(C)C)CC1. The maximum Gasteiger partial charge on any atom is 0.434 e. The van der Waals surface area contributed by atoms with E-state index in [1.165, 1.54) is 13.2 Å². The predicted octanol–water partition coefficient (Wildman–Crippen LogP) is 3.82. The summed E-state index contributed by atoms with van der Waals surface area (Å²) in [5, 5.41) is -0.497. The Hall–Kier alpha value is -1.90. The molecule has 1 fully saturated rings. The number of amides is 1. The van der Waals surface area contributed by atoms with Crippen LogP contribution in [0.15, 0.2) is 6.07 Å². The zero-order valence-electron chi connectivity index (χ0n) is 15.0. The van der Waals surface area contributed by atoms with Crippen LogP contribution in [0.3, 0.4) is 0 Å². The summed E-state index contributed by atoms with van der Waals surface area (Å²) in [7, 11) is 1.25. The topological polar surface area (TPSA) is 54.9 Å². The molecule has 0 atom stereocenters. The highest BCUT2D eigenvalue weighted by atomic mass is 35.5. The number of aromatic nitrogens is 1. The van der Waals surface area contributed by atoms with Crippen LogP contribution in [0.25, 0.3) is 0 Å². The van der Waals surface area contributed by atoms with Crippen molar-refractivity contribution in [2.45, 2.75) is 32.5 Å². The number of alkyl halides is 3. The Balaban J connectivity index is 2.14. The second kappa shape index (κ2) is 7.38. The van der Waals surface area contributed by atoms with Crippen molar-refractivity contribution in [1.82, 2.24) is 9.88 Å². The van der Waals surface area contributed by atoms with Crippen LogP contribution < -0.4 is 9.64 Å². The molecule has 0 aromatic carbocycles. The smallest absolute Gasteiger partial charge is 0.434 e. The third-order valence-corrected chi connectivity index (χ3v) is 3.94. The van der Waals surface area contributed by atoms with Gasteiger partial charge in [-0.3, -0.25) is 0 Å². The second-order valence-electron chi connectivity index (χ2n) is 6.80. The first kappa shape index (κ1) is 20.4. The molecule has 1 amide bonds. The molecule has 146 valence electrons. The van der Waals surface area contributed by atoms with Crippen LogP contribution in [-0.2, 0) is 10.9 Å². The number of rotatable bonds is 2. The Labute approximate surface area is 154 Å². The molecule has 1 saturated heterocycles. The van der Waals surface area contributed by atoms with Crippen LogP contribution in [-0.4, -0.2) is 54.9 Å². The first-order chi connectivity index (χ1) is 11.9. The molecule has 0 saturated carbocycles. The summed E-state index contributed by atoms with van der Waals surface area (Å²) in [6.07, 6.45) is -5.09. The van der Waals surface area contributed by atoms with Gasteiger partial charge in [0, 0.05) is 26.2 Å². The van der Waals surface area contributed by atoms with E-state index >= 15 is 0 Å². The van der Waals surface area contributed by atoms with Gasteiger partial charge >= 0.3 is 12.3 Å². The van der Waals surface area contributed by atoms with Crippen molar-refractivity contribution in [3.05, 3.63) is 16.8 Å². The van der Waals surface area contributed by atoms with E-state index in [9.17, 15) is 18.0 Å². The maximum absolute atomic E-state index is 12.9. The van der Waals surface area contributed by atoms with Gasteiger partial charge in [0.2, 0.25) is 5.88 Å². The third kappa shape index (κ3) is 4.84. The van der Waals surface area contributed by atoms with Gasteiger partial charge in [-0.2, -0.15) is 13.2 Å². The Kier molecular flexibility index (Phi) is 5.79. The summed E-state index contributed by atoms with van der Waals surface area (Å²) < 4.78 is 49.2. The molecule has 10 heteroatoms. The Bertz CT molecular complexity index is 669. The zero-order chi connectivity index (χ0) is 19.7. The van der Waals surface area contributed by atoms with Crippen LogP contribution in [0.2, 0.25) is 5.02 Å². The monoisotopic (exact) mass is 395 g/mol. The molecule has 0 N–H and O–H groups in total. The molecule has 1 aliphatic heterocycles. The Morgan fingerprint density at radius 2 is 1.77 bits per heavy atom. The third-order valence-electron chi connectivity index (χ3n) is 3.66. The fourth-order valence-electron chi connectivity index (χ4n) is 2.49. The van der Waals surface area contributed by atoms with Gasteiger partial charge in [-0.25, -0.2) is 9.78 Å². The Morgan fingerprint density at radius 3 is 2.23 bits per heavy atom. The predicted molar refractivity (Wildman–Crippen MR) is 90.8 cm³/mol. The molecule has 0 aliphatic carbocycles. The number of hydrogen-bond donors (Lipinski definition) is 0. The maximum atomic E-state index is 12.9. The van der Waals surface area contributed by atoms with Crippen LogP contribution in [0.1, 0.15) is 26.5 Å². The van der Waals surface area contributed by atoms with Gasteiger partial charge in [0.25, 0.3) is 0 Å². The average molecular weight is 396 g/mol. The van der Waals surface area contributed by atoms with Crippen molar-refractivity contribution in [2.75, 3.05) is 38.2 Å². The summed E-state index contributed by atoms with van der Waals surface area (Å²) in [6.45, 7) is 6.83. The van der Waals surface area contributed by atoms with Gasteiger partial charge in [-0.05, 0) is 26.8 Å². The largest absolute Gasteiger partial charge is 0.480 e. The fourth-order valence-corrected chi connectivity index (χ4v) is 2.75. The number of pyridine rings is 1. The normalized spacial score (nSPS) is 15.8. The molecule has 0 spiro atoms. The molecular weight excluding hydrogens is 375 g/mol. The second-order valence-corrected chi connectivity index (χ2v) is 7.21. The van der Waals surface area contributed by atoms with Crippen molar-refractivity contribution in [2.24, 2.45) is 0 Å². The van der Waals surface area contributed by atoms with Crippen molar-refractivity contribution >= 4 is 23.4 Å². The van der Waals surface area contributed by atoms with Gasteiger partial charge in [0.1, 0.15) is 11.3 Å². The van der Waals surface area contributed by atoms with Gasteiger partial charge in [-0.15, -0.1) is 0 Å². The quantitative estimate of drug-likeness (QED) is 0.762. The van der Waals surface area contributed by atoms with E-state index < -0.39 is 28.6 Å². The fraction of sp³-hybridized carbons (Fsp3) is 0.625. The first-order valence-electron chi connectivity index (χ1n) is 7.97. The molecule has 0 unspecified atom stereocenters. The van der Waals surface area contributed by atoms with Gasteiger partial charge in [0.15, 0.2) is 5.69 Å². The van der Waals surface area contributed by atoms with Gasteiger partial charge < -0.3 is 19.3 Å². The number of nitrogens with zero attached hydrogens (tertiary/aromatic N) is 3. The summed E-state index contributed by atoms with van der Waals surface area (Å²) in [6, 6.07) is 1.19. The molecule has 6 nitrogen and oxygen atoms in total. The lowest BCUT2D eigenvalue weighted by atomic mass is 10.2. The average Bonchev–Trinajstić information content (AvgIpc) is 2.52. The first-order valence-corrected chi connectivity index (χ1v) is 8.35. The highest BCUT2D eigenvalue weighted by Gasteiger charge is 2.37. The Morgan fingerprint density at radius 1 is 1.19 bits per heavy atom. The number of hydrogen-bond acceptors (Lipinski definition) is 5. The van der Waals surface area contributed by atoms with E-state index in [2.05, 4.69) is 4.98 Å². The number of ether oxygens (including phenoxy) is 2. The van der Waals surface area contributed by atoms with Gasteiger partial charge in [0.05, 0.1) is 12.1 Å². The highest BCUT2D eigenvalue weighted by Crippen LogP contribution is 2.39. The molecule has 1 aliphatic rings. The van der Waals surface area contributed by atoms with E-state index in [1.807, 2.05) is 0 Å². The molecule has 1 aromatic rings. The minimum Gasteiger partial charge on any atom is -0.480 e. The van der Waals surface area contributed by atoms with Crippen LogP contribution in [0.4, 0.5) is 23.7 Å². The van der Waals surface area contributed by atoms with E-state index in [-0.39, 0.29) is 5.88 Å². The lowest BCUT2D eigenvalue weighted by Gasteiger charge is -2.37. The minimum atomic E-state index is -4.67. The van der Waals surface area contributed by atoms with Crippen molar-refractivity contribution in [1.29, 1.82) is 0 Å². The van der Waals surface area contributed by atoms with Crippen molar-refractivity contribution in [3.63, 3.8) is 0 Å². The number of carbonyl (C=O) groups is 1. The van der Waals surface area contributed by atoms with Crippen LogP contribution >= 0.6 is 11.6 Å². The molecule has 0 radical (unpaired) electrons. The van der Waals surface area contributed by atoms with Crippen molar-refractivity contribution in [3.8, 4) is 5.88 Å². The molecule has 0 bridgehead atoms. The highest BCUT2D eigenvalue weighted by molar-refractivity contribution is 6.31. The van der Waals surface area contributed by atoms with E-state index in [0.717, 1.165) is 0 Å². The van der Waals surface area contributed by atoms with Crippen LogP contribution in [0.5, 0.6) is 5.88 Å². The molecule has 1 aromatic heterocycles. The summed E-state index contributed by atoms with van der Waals surface area (Å²) in [5.74, 6) is -0.160. The molecule has 2 heterocycles. The number of methoxy groups -OCH3 is 1. The lowest BCUT2D eigenvalue weighted by Crippen LogP contribution is -2.50. The molecular formula is C16H21ClF3N3O3. The molecule has 2 rings (SSSR count). The number of halogens is 4. The lowest BCUT2D eigenvalue weighted by molar-refractivity contribution is -0.141. The van der Waals surface area contributed by atoms with Crippen molar-refractivity contribution < 1.29 is 27.4 Å². The van der Waals surface area contributed by atoms with E-state index in [1.54, 1.807) is 30.6 Å². The summed E-state index contributed by atoms with van der Waals surface area (Å²) in [5.41, 5.74) is -1.43. The zero-order valence-corrected chi connectivity index (χ0v) is 15.7. The van der Waals surface area contributed by atoms with E-state index in [4.69, 9.17) is 21.1 Å². The number of anilines is 1. The standard InChI is InChI=1S/C16H21ClF3N3O3/c1-15(2,3)26-14(24)23-7-5-22(6-8-23)11-9-10(17)12(16(18,19)20)21-13(11)25-4/h9H,5-8H2,1-4H3. The van der Waals surface area contributed by atoms with Gasteiger partial charge in [-0.1, -0.05) is 11.6 Å². The minimum absolute atomic E-state index is 0.160. The van der Waals surface area contributed by atoms with E-state index in [0.29, 0.717) is 31.9 Å².